The van der Waals surface area contributed by atoms with Gasteiger partial charge in [-0.1, -0.05) is 41.6 Å². The zero-order valence-corrected chi connectivity index (χ0v) is 11.3. The molecule has 0 saturated carbocycles. The summed E-state index contributed by atoms with van der Waals surface area (Å²) in [6.07, 6.45) is 0. The molecule has 0 radical (unpaired) electrons. The average molecular weight is 291 g/mol. The van der Waals surface area contributed by atoms with Crippen LogP contribution >= 0.6 is 11.6 Å². The van der Waals surface area contributed by atoms with Gasteiger partial charge in [-0.25, -0.2) is 4.39 Å². The zero-order valence-electron chi connectivity index (χ0n) is 10.6. The minimum atomic E-state index is -0.467. The molecule has 0 fully saturated rings. The number of aliphatic hydroxyl groups excluding tert-OH is 1. The zero-order chi connectivity index (χ0) is 14.4. The Kier molecular flexibility index (Phi) is 5.00. The van der Waals surface area contributed by atoms with Crippen molar-refractivity contribution in [3.8, 4) is 17.6 Å². The molecule has 0 unspecified atom stereocenters. The minimum absolute atomic E-state index is 0.0775. The summed E-state index contributed by atoms with van der Waals surface area (Å²) in [4.78, 5) is 0. The first-order valence-corrected chi connectivity index (χ1v) is 6.34. The highest BCUT2D eigenvalue weighted by atomic mass is 35.5. The largest absolute Gasteiger partial charge is 0.489 e. The summed E-state index contributed by atoms with van der Waals surface area (Å²) >= 11 is 5.71. The van der Waals surface area contributed by atoms with E-state index < -0.39 is 5.82 Å². The minimum Gasteiger partial charge on any atom is -0.489 e. The van der Waals surface area contributed by atoms with Gasteiger partial charge in [0.15, 0.2) is 0 Å². The Morgan fingerprint density at radius 2 is 2.00 bits per heavy atom. The molecule has 0 aliphatic carbocycles. The average Bonchev–Trinajstić information content (AvgIpc) is 2.47. The Bertz CT molecular complexity index is 659. The first-order valence-electron chi connectivity index (χ1n) is 5.96. The van der Waals surface area contributed by atoms with Crippen LogP contribution < -0.4 is 4.74 Å². The summed E-state index contributed by atoms with van der Waals surface area (Å²) in [7, 11) is 0. The van der Waals surface area contributed by atoms with Gasteiger partial charge >= 0.3 is 0 Å². The van der Waals surface area contributed by atoms with E-state index in [0.29, 0.717) is 11.3 Å². The monoisotopic (exact) mass is 290 g/mol. The van der Waals surface area contributed by atoms with Crippen molar-refractivity contribution in [1.29, 1.82) is 0 Å². The highest BCUT2D eigenvalue weighted by Crippen LogP contribution is 2.20. The van der Waals surface area contributed by atoms with Gasteiger partial charge in [-0.2, -0.15) is 0 Å². The van der Waals surface area contributed by atoms with Crippen LogP contribution in [0.2, 0.25) is 5.02 Å². The molecule has 2 rings (SSSR count). The molecule has 0 bridgehead atoms. The van der Waals surface area contributed by atoms with Crippen molar-refractivity contribution in [3.63, 3.8) is 0 Å². The molecule has 0 aromatic heterocycles. The number of ether oxygens (including phenoxy) is 1. The summed E-state index contributed by atoms with van der Waals surface area (Å²) in [5, 5.41) is 8.72. The lowest BCUT2D eigenvalue weighted by atomic mass is 10.2. The van der Waals surface area contributed by atoms with E-state index >= 15 is 0 Å². The van der Waals surface area contributed by atoms with Crippen molar-refractivity contribution in [3.05, 3.63) is 64.4 Å². The van der Waals surface area contributed by atoms with Crippen molar-refractivity contribution in [2.45, 2.75) is 6.61 Å². The van der Waals surface area contributed by atoms with Crippen LogP contribution in [0.5, 0.6) is 5.75 Å². The SMILES string of the molecule is OCC#Cc1cccc(OCc2cccc(Cl)c2F)c1. The Morgan fingerprint density at radius 1 is 1.20 bits per heavy atom. The van der Waals surface area contributed by atoms with Crippen molar-refractivity contribution in [2.24, 2.45) is 0 Å². The first kappa shape index (κ1) is 14.4. The van der Waals surface area contributed by atoms with Crippen molar-refractivity contribution in [1.82, 2.24) is 0 Å². The fraction of sp³-hybridized carbons (Fsp3) is 0.125. The summed E-state index contributed by atoms with van der Waals surface area (Å²) in [6, 6.07) is 11.9. The third kappa shape index (κ3) is 3.74. The van der Waals surface area contributed by atoms with Gasteiger partial charge in [0.2, 0.25) is 0 Å². The molecule has 0 heterocycles. The van der Waals surface area contributed by atoms with Crippen LogP contribution in [0.25, 0.3) is 0 Å². The van der Waals surface area contributed by atoms with E-state index in [1.54, 1.807) is 36.4 Å². The van der Waals surface area contributed by atoms with E-state index in [0.717, 1.165) is 5.56 Å². The third-order valence-corrected chi connectivity index (χ3v) is 2.86. The Hall–Kier alpha value is -2.02. The van der Waals surface area contributed by atoms with Gasteiger partial charge < -0.3 is 9.84 Å². The predicted octanol–water partition coefficient (Wildman–Crippen LogP) is 3.40. The summed E-state index contributed by atoms with van der Waals surface area (Å²) in [5.74, 6) is 5.44. The van der Waals surface area contributed by atoms with Gasteiger partial charge in [-0.3, -0.25) is 0 Å². The third-order valence-electron chi connectivity index (χ3n) is 2.57. The molecular weight excluding hydrogens is 279 g/mol. The molecule has 0 saturated heterocycles. The maximum atomic E-state index is 13.7. The summed E-state index contributed by atoms with van der Waals surface area (Å²) in [5.41, 5.74) is 1.12. The van der Waals surface area contributed by atoms with Crippen LogP contribution in [0.4, 0.5) is 4.39 Å². The van der Waals surface area contributed by atoms with Crippen molar-refractivity contribution < 1.29 is 14.2 Å². The summed E-state index contributed by atoms with van der Waals surface area (Å²) in [6.45, 7) is -0.109. The highest BCUT2D eigenvalue weighted by molar-refractivity contribution is 6.30. The second kappa shape index (κ2) is 6.95. The topological polar surface area (TPSA) is 29.5 Å². The number of aliphatic hydroxyl groups is 1. The van der Waals surface area contributed by atoms with Gasteiger partial charge in [0.25, 0.3) is 0 Å². The molecule has 0 atom stereocenters. The quantitative estimate of drug-likeness (QED) is 0.878. The first-order chi connectivity index (χ1) is 9.70. The highest BCUT2D eigenvalue weighted by Gasteiger charge is 2.06. The molecule has 2 nitrogen and oxygen atoms in total. The second-order valence-corrected chi connectivity index (χ2v) is 4.40. The van der Waals surface area contributed by atoms with Crippen LogP contribution in [0.3, 0.4) is 0 Å². The number of benzene rings is 2. The van der Waals surface area contributed by atoms with E-state index in [1.165, 1.54) is 6.07 Å². The van der Waals surface area contributed by atoms with E-state index in [2.05, 4.69) is 11.8 Å². The van der Waals surface area contributed by atoms with E-state index in [1.807, 2.05) is 0 Å². The molecule has 1 N–H and O–H groups in total. The van der Waals surface area contributed by atoms with Crippen LogP contribution in [-0.4, -0.2) is 11.7 Å². The van der Waals surface area contributed by atoms with E-state index in [9.17, 15) is 4.39 Å². The summed E-state index contributed by atoms with van der Waals surface area (Å²) < 4.78 is 19.2. The fourth-order valence-corrected chi connectivity index (χ4v) is 1.82. The lowest BCUT2D eigenvalue weighted by Crippen LogP contribution is -1.99. The Labute approximate surface area is 121 Å². The molecule has 0 amide bonds. The molecule has 2 aromatic carbocycles. The Morgan fingerprint density at radius 3 is 2.80 bits per heavy atom. The molecule has 0 aliphatic rings. The van der Waals surface area contributed by atoms with Crippen LogP contribution in [0, 0.1) is 17.7 Å². The molecule has 102 valence electrons. The second-order valence-electron chi connectivity index (χ2n) is 3.99. The maximum Gasteiger partial charge on any atom is 0.148 e. The molecule has 4 heteroatoms. The van der Waals surface area contributed by atoms with Gasteiger partial charge in [0, 0.05) is 11.1 Å². The van der Waals surface area contributed by atoms with Gasteiger partial charge in [-0.15, -0.1) is 0 Å². The van der Waals surface area contributed by atoms with Gasteiger partial charge in [-0.05, 0) is 24.3 Å². The van der Waals surface area contributed by atoms with Crippen molar-refractivity contribution in [2.75, 3.05) is 6.61 Å². The number of hydrogen-bond donors (Lipinski definition) is 1. The normalized spacial score (nSPS) is 9.75. The number of halogens is 2. The van der Waals surface area contributed by atoms with Crippen molar-refractivity contribution >= 4 is 11.6 Å². The molecule has 0 spiro atoms. The maximum absolute atomic E-state index is 13.7. The van der Waals surface area contributed by atoms with E-state index in [4.69, 9.17) is 21.4 Å². The lowest BCUT2D eigenvalue weighted by molar-refractivity contribution is 0.300. The molecule has 0 aliphatic heterocycles. The van der Waals surface area contributed by atoms with E-state index in [-0.39, 0.29) is 18.2 Å². The van der Waals surface area contributed by atoms with Gasteiger partial charge in [0.1, 0.15) is 24.8 Å². The van der Waals surface area contributed by atoms with Crippen LogP contribution in [0.1, 0.15) is 11.1 Å². The van der Waals surface area contributed by atoms with Crippen LogP contribution in [-0.2, 0) is 6.61 Å². The molecule has 2 aromatic rings. The number of hydrogen-bond acceptors (Lipinski definition) is 2. The molecule has 20 heavy (non-hydrogen) atoms. The lowest BCUT2D eigenvalue weighted by Gasteiger charge is -2.08. The molecular formula is C16H12ClFO2. The number of rotatable bonds is 3. The predicted molar refractivity (Wildman–Crippen MR) is 76.1 cm³/mol. The standard InChI is InChI=1S/C16H12ClFO2/c17-15-8-2-6-13(16(15)18)11-20-14-7-1-4-12(10-14)5-3-9-19/h1-2,4,6-8,10,19H,9,11H2. The smallest absolute Gasteiger partial charge is 0.148 e. The van der Waals surface area contributed by atoms with Gasteiger partial charge in [0.05, 0.1) is 5.02 Å². The fourth-order valence-electron chi connectivity index (χ4n) is 1.63. The Balaban J connectivity index is 2.09. The van der Waals surface area contributed by atoms with Crippen LogP contribution in [0.15, 0.2) is 42.5 Å².